The van der Waals surface area contributed by atoms with Gasteiger partial charge in [-0.2, -0.15) is 0 Å². The van der Waals surface area contributed by atoms with Gasteiger partial charge in [-0.15, -0.1) is 0 Å². The number of hydrogen-bond donors (Lipinski definition) is 2. The fourth-order valence-corrected chi connectivity index (χ4v) is 4.36. The van der Waals surface area contributed by atoms with Crippen molar-refractivity contribution in [1.29, 1.82) is 0 Å². The van der Waals surface area contributed by atoms with E-state index in [9.17, 15) is 24.8 Å². The van der Waals surface area contributed by atoms with Crippen molar-refractivity contribution in [3.05, 3.63) is 112 Å². The largest absolute Gasteiger partial charge is 0.508 e. The van der Waals surface area contributed by atoms with Crippen LogP contribution in [0, 0.1) is 16.0 Å². The summed E-state index contributed by atoms with van der Waals surface area (Å²) in [5.41, 5.74) is 3.87. The van der Waals surface area contributed by atoms with Gasteiger partial charge in [0, 0.05) is 37.0 Å². The molecule has 4 rings (SSSR count). The first-order valence-electron chi connectivity index (χ1n) is 13.0. The number of phenolic OH excluding ortho intramolecular Hbond substituents is 1. The van der Waals surface area contributed by atoms with Crippen LogP contribution in [-0.4, -0.2) is 39.3 Å². The highest BCUT2D eigenvalue weighted by molar-refractivity contribution is 5.96. The van der Waals surface area contributed by atoms with Crippen molar-refractivity contribution in [2.24, 2.45) is 5.92 Å². The Morgan fingerprint density at radius 3 is 2.45 bits per heavy atom. The Hall–Kier alpha value is -4.70. The SMILES string of the molecule is CC(C)CCN1C=CN(c2ccc(C(=O)NOCc3ccccc3)cc2[N+](=O)[O-])[C@@H](Cc2ccc(O)cc2)C1=O. The summed E-state index contributed by atoms with van der Waals surface area (Å²) in [6, 6.07) is 19.1. The summed E-state index contributed by atoms with van der Waals surface area (Å²) in [5.74, 6) is -0.324. The molecule has 0 radical (unpaired) electrons. The maximum absolute atomic E-state index is 13.6. The minimum absolute atomic E-state index is 0.0458. The van der Waals surface area contributed by atoms with Gasteiger partial charge in [-0.05, 0) is 47.7 Å². The summed E-state index contributed by atoms with van der Waals surface area (Å²) in [4.78, 5) is 46.4. The number of hydroxylamine groups is 1. The molecule has 10 nitrogen and oxygen atoms in total. The van der Waals surface area contributed by atoms with Crippen LogP contribution in [0.25, 0.3) is 0 Å². The third-order valence-corrected chi connectivity index (χ3v) is 6.58. The quantitative estimate of drug-likeness (QED) is 0.259. The van der Waals surface area contributed by atoms with Crippen LogP contribution in [0.2, 0.25) is 0 Å². The number of benzene rings is 3. The fraction of sp³-hybridized carbons (Fsp3) is 0.267. The molecule has 1 aliphatic heterocycles. The number of nitro benzene ring substituents is 1. The van der Waals surface area contributed by atoms with Crippen LogP contribution in [0.15, 0.2) is 85.2 Å². The van der Waals surface area contributed by atoms with E-state index in [0.29, 0.717) is 12.5 Å². The van der Waals surface area contributed by atoms with Crippen LogP contribution >= 0.6 is 0 Å². The van der Waals surface area contributed by atoms with E-state index >= 15 is 0 Å². The van der Waals surface area contributed by atoms with Gasteiger partial charge in [-0.1, -0.05) is 56.3 Å². The van der Waals surface area contributed by atoms with Crippen molar-refractivity contribution in [1.82, 2.24) is 10.4 Å². The summed E-state index contributed by atoms with van der Waals surface area (Å²) < 4.78 is 0. The Kier molecular flexibility index (Phi) is 9.13. The lowest BCUT2D eigenvalue weighted by Gasteiger charge is -2.37. The Morgan fingerprint density at radius 2 is 1.77 bits per heavy atom. The minimum atomic E-state index is -0.769. The maximum Gasteiger partial charge on any atom is 0.293 e. The standard InChI is InChI=1S/C30H32N4O6/c1-21(2)14-15-32-16-17-33(28(30(32)37)18-22-8-11-25(35)12-9-22)26-13-10-24(19-27(26)34(38)39)29(36)31-40-20-23-6-4-3-5-7-23/h3-13,16-17,19,21,28,35H,14-15,18,20H2,1-2H3,(H,31,36)/t28-/m0/s1. The van der Waals surface area contributed by atoms with E-state index in [2.05, 4.69) is 19.3 Å². The molecule has 3 aromatic carbocycles. The summed E-state index contributed by atoms with van der Waals surface area (Å²) in [7, 11) is 0. The summed E-state index contributed by atoms with van der Waals surface area (Å²) >= 11 is 0. The van der Waals surface area contributed by atoms with E-state index in [1.165, 1.54) is 30.3 Å². The smallest absolute Gasteiger partial charge is 0.293 e. The normalized spacial score (nSPS) is 15.0. The number of phenols is 1. The van der Waals surface area contributed by atoms with Gasteiger partial charge in [-0.25, -0.2) is 5.48 Å². The van der Waals surface area contributed by atoms with Gasteiger partial charge < -0.3 is 14.9 Å². The number of anilines is 1. The number of carbonyl (C=O) groups excluding carboxylic acids is 2. The van der Waals surface area contributed by atoms with Gasteiger partial charge in [0.05, 0.1) is 11.5 Å². The zero-order valence-corrected chi connectivity index (χ0v) is 22.4. The first-order valence-corrected chi connectivity index (χ1v) is 13.0. The molecule has 1 atom stereocenters. The van der Waals surface area contributed by atoms with E-state index in [1.54, 1.807) is 34.3 Å². The molecule has 2 amide bonds. The van der Waals surface area contributed by atoms with Gasteiger partial charge in [-0.3, -0.25) is 24.5 Å². The van der Waals surface area contributed by atoms with Crippen molar-refractivity contribution in [3.8, 4) is 5.75 Å². The van der Waals surface area contributed by atoms with E-state index in [4.69, 9.17) is 4.84 Å². The number of nitrogens with zero attached hydrogens (tertiary/aromatic N) is 3. The predicted molar refractivity (Wildman–Crippen MR) is 150 cm³/mol. The highest BCUT2D eigenvalue weighted by Crippen LogP contribution is 2.34. The number of nitrogens with one attached hydrogen (secondary N) is 1. The molecule has 0 saturated carbocycles. The summed E-state index contributed by atoms with van der Waals surface area (Å²) in [6.45, 7) is 4.81. The Bertz CT molecular complexity index is 1370. The Labute approximate surface area is 232 Å². The van der Waals surface area contributed by atoms with E-state index < -0.39 is 16.9 Å². The van der Waals surface area contributed by atoms with Gasteiger partial charge in [0.2, 0.25) is 5.91 Å². The molecule has 0 aromatic heterocycles. The molecule has 0 unspecified atom stereocenters. The van der Waals surface area contributed by atoms with Crippen LogP contribution < -0.4 is 10.4 Å². The van der Waals surface area contributed by atoms with Crippen molar-refractivity contribution in [2.45, 2.75) is 39.3 Å². The second-order valence-corrected chi connectivity index (χ2v) is 9.97. The van der Waals surface area contributed by atoms with Crippen molar-refractivity contribution in [2.75, 3.05) is 11.4 Å². The maximum atomic E-state index is 13.6. The van der Waals surface area contributed by atoms with Crippen LogP contribution in [0.3, 0.4) is 0 Å². The van der Waals surface area contributed by atoms with Crippen molar-refractivity contribution < 1.29 is 24.5 Å². The number of hydrogen-bond acceptors (Lipinski definition) is 7. The molecular formula is C30H32N4O6. The number of nitro groups is 1. The molecule has 40 heavy (non-hydrogen) atoms. The molecule has 0 fully saturated rings. The molecule has 0 saturated heterocycles. The first kappa shape index (κ1) is 28.3. The second-order valence-electron chi connectivity index (χ2n) is 9.97. The lowest BCUT2D eigenvalue weighted by molar-refractivity contribution is -0.384. The second kappa shape index (κ2) is 12.9. The molecule has 0 bridgehead atoms. The topological polar surface area (TPSA) is 125 Å². The fourth-order valence-electron chi connectivity index (χ4n) is 4.36. The van der Waals surface area contributed by atoms with E-state index in [0.717, 1.165) is 17.5 Å². The van der Waals surface area contributed by atoms with Crippen LogP contribution in [0.5, 0.6) is 5.75 Å². The number of amides is 2. The molecule has 208 valence electrons. The van der Waals surface area contributed by atoms with Gasteiger partial charge in [0.25, 0.3) is 11.6 Å². The van der Waals surface area contributed by atoms with Gasteiger partial charge in [0.15, 0.2) is 0 Å². The van der Waals surface area contributed by atoms with Crippen LogP contribution in [0.4, 0.5) is 11.4 Å². The first-order chi connectivity index (χ1) is 19.2. The lowest BCUT2D eigenvalue weighted by atomic mass is 10.00. The number of aromatic hydroxyl groups is 1. The summed E-state index contributed by atoms with van der Waals surface area (Å²) in [5, 5.41) is 21.8. The molecular weight excluding hydrogens is 512 g/mol. The molecule has 0 aliphatic carbocycles. The van der Waals surface area contributed by atoms with Gasteiger partial charge >= 0.3 is 0 Å². The van der Waals surface area contributed by atoms with Crippen molar-refractivity contribution in [3.63, 3.8) is 0 Å². The Morgan fingerprint density at radius 1 is 1.05 bits per heavy atom. The highest BCUT2D eigenvalue weighted by atomic mass is 16.7. The van der Waals surface area contributed by atoms with Gasteiger partial charge in [0.1, 0.15) is 17.5 Å². The monoisotopic (exact) mass is 544 g/mol. The van der Waals surface area contributed by atoms with Crippen molar-refractivity contribution >= 4 is 23.2 Å². The molecule has 3 aromatic rings. The van der Waals surface area contributed by atoms with Crippen LogP contribution in [-0.2, 0) is 22.7 Å². The third kappa shape index (κ3) is 7.03. The molecule has 1 heterocycles. The molecule has 10 heteroatoms. The predicted octanol–water partition coefficient (Wildman–Crippen LogP) is 4.94. The third-order valence-electron chi connectivity index (χ3n) is 6.58. The number of rotatable bonds is 11. The average molecular weight is 545 g/mol. The zero-order valence-electron chi connectivity index (χ0n) is 22.4. The molecule has 2 N–H and O–H groups in total. The van der Waals surface area contributed by atoms with Crippen LogP contribution in [0.1, 0.15) is 41.8 Å². The van der Waals surface area contributed by atoms with E-state index in [-0.39, 0.29) is 41.6 Å². The highest BCUT2D eigenvalue weighted by Gasteiger charge is 2.35. The van der Waals surface area contributed by atoms with E-state index in [1.807, 2.05) is 30.3 Å². The number of carbonyl (C=O) groups is 2. The summed E-state index contributed by atoms with van der Waals surface area (Å²) in [6.07, 6.45) is 4.37. The zero-order chi connectivity index (χ0) is 28.6. The lowest BCUT2D eigenvalue weighted by Crippen LogP contribution is -2.50. The minimum Gasteiger partial charge on any atom is -0.508 e. The molecule has 1 aliphatic rings. The average Bonchev–Trinajstić information content (AvgIpc) is 2.94. The molecule has 0 spiro atoms. The Balaban J connectivity index is 1.60.